The van der Waals surface area contributed by atoms with Crippen molar-refractivity contribution in [3.8, 4) is 11.5 Å². The van der Waals surface area contributed by atoms with Crippen LogP contribution in [0.2, 0.25) is 0 Å². The molecule has 0 atom stereocenters. The van der Waals surface area contributed by atoms with Gasteiger partial charge in [-0.1, -0.05) is 0 Å². The van der Waals surface area contributed by atoms with Crippen molar-refractivity contribution in [2.45, 2.75) is 30.6 Å². The summed E-state index contributed by atoms with van der Waals surface area (Å²) in [5.41, 5.74) is 1.47. The molecule has 31 heavy (non-hydrogen) atoms. The molecule has 0 spiro atoms. The van der Waals surface area contributed by atoms with Crippen molar-refractivity contribution in [2.75, 3.05) is 34.4 Å². The number of hydrogen-bond acceptors (Lipinski definition) is 8. The van der Waals surface area contributed by atoms with Gasteiger partial charge in [0, 0.05) is 36.2 Å². The fraction of sp³-hybridized carbons (Fsp3) is 0.429. The molecule has 0 N–H and O–H groups in total. The summed E-state index contributed by atoms with van der Waals surface area (Å²) in [6.07, 6.45) is 4.10. The van der Waals surface area contributed by atoms with Gasteiger partial charge >= 0.3 is 5.97 Å². The molecule has 1 aromatic heterocycles. The van der Waals surface area contributed by atoms with Gasteiger partial charge in [0.15, 0.2) is 11.5 Å². The number of nitrogens with zero attached hydrogens (tertiary/aromatic N) is 2. The molecule has 1 saturated heterocycles. The number of aryl methyl sites for hydroxylation is 1. The van der Waals surface area contributed by atoms with Crippen molar-refractivity contribution >= 4 is 33.4 Å². The number of esters is 1. The van der Waals surface area contributed by atoms with Crippen LogP contribution < -0.4 is 9.47 Å². The largest absolute Gasteiger partial charge is 0.493 e. The van der Waals surface area contributed by atoms with E-state index in [0.29, 0.717) is 31.5 Å². The predicted molar refractivity (Wildman–Crippen MR) is 118 cm³/mol. The first-order valence-corrected chi connectivity index (χ1v) is 12.1. The fourth-order valence-electron chi connectivity index (χ4n) is 3.51. The molecule has 3 rings (SSSR count). The topological polar surface area (TPSA) is 95.0 Å². The third kappa shape index (κ3) is 5.08. The molecule has 1 aliphatic rings. The van der Waals surface area contributed by atoms with E-state index >= 15 is 0 Å². The Hall–Kier alpha value is -2.43. The molecule has 0 bridgehead atoms. The highest BCUT2D eigenvalue weighted by atomic mass is 32.2. The number of ether oxygens (including phenoxy) is 3. The maximum atomic E-state index is 13.5. The Morgan fingerprint density at radius 1 is 1.19 bits per heavy atom. The predicted octanol–water partition coefficient (Wildman–Crippen LogP) is 3.22. The number of aromatic nitrogens is 1. The van der Waals surface area contributed by atoms with E-state index in [-0.39, 0.29) is 22.3 Å². The zero-order valence-corrected chi connectivity index (χ0v) is 19.6. The second kappa shape index (κ2) is 9.80. The lowest BCUT2D eigenvalue weighted by Crippen LogP contribution is -2.38. The van der Waals surface area contributed by atoms with Crippen molar-refractivity contribution in [1.29, 1.82) is 0 Å². The number of methoxy groups -OCH3 is 3. The van der Waals surface area contributed by atoms with Crippen LogP contribution in [0.25, 0.3) is 6.08 Å². The summed E-state index contributed by atoms with van der Waals surface area (Å²) < 4.78 is 43.8. The number of thiazole rings is 1. The van der Waals surface area contributed by atoms with Crippen LogP contribution in [0, 0.1) is 6.92 Å². The molecular formula is C21H26N2O6S2. The first kappa shape index (κ1) is 23.2. The van der Waals surface area contributed by atoms with Gasteiger partial charge in [-0.05, 0) is 43.5 Å². The highest BCUT2D eigenvalue weighted by Crippen LogP contribution is 2.39. The van der Waals surface area contributed by atoms with Gasteiger partial charge in [0.25, 0.3) is 0 Å². The smallest absolute Gasteiger partial charge is 0.330 e. The van der Waals surface area contributed by atoms with E-state index in [9.17, 15) is 13.2 Å². The maximum Gasteiger partial charge on any atom is 0.330 e. The van der Waals surface area contributed by atoms with Gasteiger partial charge < -0.3 is 14.2 Å². The number of hydrogen-bond donors (Lipinski definition) is 0. The maximum absolute atomic E-state index is 13.5. The van der Waals surface area contributed by atoms with Crippen LogP contribution in [0.4, 0.5) is 0 Å². The van der Waals surface area contributed by atoms with Crippen LogP contribution in [0.1, 0.15) is 35.0 Å². The number of piperidine rings is 1. The van der Waals surface area contributed by atoms with E-state index in [0.717, 1.165) is 10.7 Å². The van der Waals surface area contributed by atoms with E-state index in [4.69, 9.17) is 9.47 Å². The summed E-state index contributed by atoms with van der Waals surface area (Å²) in [5.74, 6) is 0.117. The SMILES string of the molecule is COC(=O)C=Cc1cc(OC)c(OC)c(S(=O)(=O)N2CCC(c3nc(C)cs3)CC2)c1. The fourth-order valence-corrected chi connectivity index (χ4v) is 6.15. The van der Waals surface area contributed by atoms with Gasteiger partial charge in [0.2, 0.25) is 10.0 Å². The lowest BCUT2D eigenvalue weighted by Gasteiger charge is -2.31. The van der Waals surface area contributed by atoms with E-state index in [1.165, 1.54) is 43.9 Å². The molecule has 0 radical (unpaired) electrons. The summed E-state index contributed by atoms with van der Waals surface area (Å²) >= 11 is 1.62. The quantitative estimate of drug-likeness (QED) is 0.457. The molecule has 0 aliphatic carbocycles. The molecule has 2 heterocycles. The van der Waals surface area contributed by atoms with Crippen LogP contribution in [0.5, 0.6) is 11.5 Å². The summed E-state index contributed by atoms with van der Waals surface area (Å²) in [5, 5.41) is 3.08. The standard InChI is InChI=1S/C21H26N2O6S2/c1-14-13-30-21(22-14)16-7-9-23(10-8-16)31(25,26)18-12-15(5-6-19(24)28-3)11-17(27-2)20(18)29-4/h5-6,11-13,16H,7-10H2,1-4H3. The first-order chi connectivity index (χ1) is 14.8. The Morgan fingerprint density at radius 2 is 1.90 bits per heavy atom. The molecular weight excluding hydrogens is 440 g/mol. The van der Waals surface area contributed by atoms with E-state index in [2.05, 4.69) is 9.72 Å². The van der Waals surface area contributed by atoms with Crippen LogP contribution in [-0.4, -0.2) is 58.1 Å². The van der Waals surface area contributed by atoms with Crippen LogP contribution in [0.3, 0.4) is 0 Å². The minimum absolute atomic E-state index is 0.00223. The third-order valence-electron chi connectivity index (χ3n) is 5.14. The lowest BCUT2D eigenvalue weighted by atomic mass is 9.99. The van der Waals surface area contributed by atoms with Crippen LogP contribution >= 0.6 is 11.3 Å². The minimum Gasteiger partial charge on any atom is -0.493 e. The van der Waals surface area contributed by atoms with Crippen molar-refractivity contribution in [2.24, 2.45) is 0 Å². The minimum atomic E-state index is -3.84. The average molecular weight is 467 g/mol. The molecule has 0 unspecified atom stereocenters. The van der Waals surface area contributed by atoms with Gasteiger partial charge in [0.05, 0.1) is 26.3 Å². The zero-order chi connectivity index (χ0) is 22.6. The molecule has 1 fully saturated rings. The summed E-state index contributed by atoms with van der Waals surface area (Å²) in [6, 6.07) is 3.08. The molecule has 1 aromatic carbocycles. The van der Waals surface area contributed by atoms with Gasteiger partial charge in [-0.3, -0.25) is 0 Å². The molecule has 0 saturated carbocycles. The number of carbonyl (C=O) groups is 1. The zero-order valence-electron chi connectivity index (χ0n) is 18.0. The van der Waals surface area contributed by atoms with E-state index < -0.39 is 16.0 Å². The summed E-state index contributed by atoms with van der Waals surface area (Å²) in [4.78, 5) is 16.0. The molecule has 2 aromatic rings. The summed E-state index contributed by atoms with van der Waals surface area (Å²) in [6.45, 7) is 2.74. The second-order valence-electron chi connectivity index (χ2n) is 7.12. The number of rotatable bonds is 7. The third-order valence-corrected chi connectivity index (χ3v) is 8.17. The van der Waals surface area contributed by atoms with Crippen molar-refractivity contribution in [3.63, 3.8) is 0 Å². The van der Waals surface area contributed by atoms with Gasteiger partial charge in [0.1, 0.15) is 4.90 Å². The van der Waals surface area contributed by atoms with Gasteiger partial charge in [-0.2, -0.15) is 4.31 Å². The Labute approximate surface area is 186 Å². The first-order valence-electron chi connectivity index (χ1n) is 9.74. The molecule has 168 valence electrons. The molecule has 10 heteroatoms. The van der Waals surface area contributed by atoms with E-state index in [1.807, 2.05) is 12.3 Å². The molecule has 0 amide bonds. The highest BCUT2D eigenvalue weighted by Gasteiger charge is 2.34. The lowest BCUT2D eigenvalue weighted by molar-refractivity contribution is -0.134. The van der Waals surface area contributed by atoms with Crippen LogP contribution in [-0.2, 0) is 19.6 Å². The molecule has 1 aliphatic heterocycles. The average Bonchev–Trinajstić information content (AvgIpc) is 3.22. The van der Waals surface area contributed by atoms with Crippen molar-refractivity contribution in [3.05, 3.63) is 39.9 Å². The number of carbonyl (C=O) groups excluding carboxylic acids is 1. The Bertz CT molecular complexity index is 1070. The Balaban J connectivity index is 1.90. The number of benzene rings is 1. The van der Waals surface area contributed by atoms with E-state index in [1.54, 1.807) is 17.4 Å². The van der Waals surface area contributed by atoms with Gasteiger partial charge in [-0.25, -0.2) is 18.2 Å². The Kier molecular flexibility index (Phi) is 7.34. The monoisotopic (exact) mass is 466 g/mol. The van der Waals surface area contributed by atoms with Crippen LogP contribution in [0.15, 0.2) is 28.5 Å². The second-order valence-corrected chi connectivity index (χ2v) is 9.91. The van der Waals surface area contributed by atoms with Crippen molar-refractivity contribution in [1.82, 2.24) is 9.29 Å². The molecule has 8 nitrogen and oxygen atoms in total. The van der Waals surface area contributed by atoms with Gasteiger partial charge in [-0.15, -0.1) is 11.3 Å². The normalized spacial score (nSPS) is 15.9. The summed E-state index contributed by atoms with van der Waals surface area (Å²) in [7, 11) is 0.263. The Morgan fingerprint density at radius 3 is 2.45 bits per heavy atom. The van der Waals surface area contributed by atoms with Crippen molar-refractivity contribution < 1.29 is 27.4 Å². The highest BCUT2D eigenvalue weighted by molar-refractivity contribution is 7.89. The number of sulfonamides is 1.